The van der Waals surface area contributed by atoms with Crippen molar-refractivity contribution in [2.75, 3.05) is 6.54 Å². The van der Waals surface area contributed by atoms with Crippen molar-refractivity contribution in [2.45, 2.75) is 19.4 Å². The molecule has 0 radical (unpaired) electrons. The van der Waals surface area contributed by atoms with Crippen LogP contribution in [-0.4, -0.2) is 26.3 Å². The molecule has 0 fully saturated rings. The van der Waals surface area contributed by atoms with Gasteiger partial charge in [0.2, 0.25) is 0 Å². The topological polar surface area (TPSA) is 55.6 Å². The van der Waals surface area contributed by atoms with E-state index < -0.39 is 0 Å². The fourth-order valence-corrected chi connectivity index (χ4v) is 1.75. The van der Waals surface area contributed by atoms with Crippen molar-refractivity contribution in [2.24, 2.45) is 7.05 Å². The highest BCUT2D eigenvalue weighted by Gasteiger charge is 2.09. The van der Waals surface area contributed by atoms with Gasteiger partial charge in [-0.15, -0.1) is 10.2 Å². The van der Waals surface area contributed by atoms with E-state index in [1.54, 1.807) is 12.5 Å². The SMILES string of the molecule is CC(NCCc1cccnc1)c1nncn1C. The Balaban J connectivity index is 1.81. The third-order valence-corrected chi connectivity index (χ3v) is 2.72. The lowest BCUT2D eigenvalue weighted by atomic mass is 10.2. The van der Waals surface area contributed by atoms with E-state index in [0.717, 1.165) is 18.8 Å². The van der Waals surface area contributed by atoms with Crippen molar-refractivity contribution in [1.82, 2.24) is 25.1 Å². The molecule has 5 nitrogen and oxygen atoms in total. The van der Waals surface area contributed by atoms with Gasteiger partial charge in [-0.3, -0.25) is 4.98 Å². The van der Waals surface area contributed by atoms with Gasteiger partial charge in [0.25, 0.3) is 0 Å². The van der Waals surface area contributed by atoms with Crippen LogP contribution in [0.4, 0.5) is 0 Å². The molecule has 1 unspecified atom stereocenters. The monoisotopic (exact) mass is 231 g/mol. The molecule has 0 aliphatic heterocycles. The molecule has 0 aromatic carbocycles. The minimum absolute atomic E-state index is 0.208. The number of aryl methyl sites for hydroxylation is 1. The molecule has 2 rings (SSSR count). The standard InChI is InChI=1S/C12H17N5/c1-10(12-16-15-9-17(12)2)14-7-5-11-4-3-6-13-8-11/h3-4,6,8-10,14H,5,7H2,1-2H3. The van der Waals surface area contributed by atoms with Gasteiger partial charge in [0, 0.05) is 19.4 Å². The lowest BCUT2D eigenvalue weighted by Gasteiger charge is -2.12. The van der Waals surface area contributed by atoms with E-state index in [9.17, 15) is 0 Å². The van der Waals surface area contributed by atoms with Crippen LogP contribution >= 0.6 is 0 Å². The molecule has 0 bridgehead atoms. The van der Waals surface area contributed by atoms with E-state index in [-0.39, 0.29) is 6.04 Å². The van der Waals surface area contributed by atoms with Crippen LogP contribution in [0.2, 0.25) is 0 Å². The maximum atomic E-state index is 4.09. The van der Waals surface area contributed by atoms with Gasteiger partial charge < -0.3 is 9.88 Å². The van der Waals surface area contributed by atoms with Crippen LogP contribution in [-0.2, 0) is 13.5 Å². The molecule has 0 aliphatic rings. The van der Waals surface area contributed by atoms with Gasteiger partial charge in [0.1, 0.15) is 12.2 Å². The molecular weight excluding hydrogens is 214 g/mol. The number of nitrogens with one attached hydrogen (secondary N) is 1. The molecule has 2 heterocycles. The molecule has 0 aliphatic carbocycles. The second-order valence-corrected chi connectivity index (χ2v) is 4.09. The molecule has 0 saturated carbocycles. The quantitative estimate of drug-likeness (QED) is 0.837. The van der Waals surface area contributed by atoms with Crippen molar-refractivity contribution in [3.63, 3.8) is 0 Å². The van der Waals surface area contributed by atoms with Crippen molar-refractivity contribution >= 4 is 0 Å². The Morgan fingerprint density at radius 2 is 2.35 bits per heavy atom. The van der Waals surface area contributed by atoms with Crippen molar-refractivity contribution in [3.05, 3.63) is 42.2 Å². The summed E-state index contributed by atoms with van der Waals surface area (Å²) in [5, 5.41) is 11.4. The molecule has 17 heavy (non-hydrogen) atoms. The summed E-state index contributed by atoms with van der Waals surface area (Å²) in [6.07, 6.45) is 6.37. The summed E-state index contributed by atoms with van der Waals surface area (Å²) >= 11 is 0. The summed E-state index contributed by atoms with van der Waals surface area (Å²) in [6.45, 7) is 2.99. The third-order valence-electron chi connectivity index (χ3n) is 2.72. The lowest BCUT2D eigenvalue weighted by molar-refractivity contribution is 0.531. The molecular formula is C12H17N5. The zero-order chi connectivity index (χ0) is 12.1. The van der Waals surface area contributed by atoms with Crippen molar-refractivity contribution in [1.29, 1.82) is 0 Å². The molecule has 0 amide bonds. The molecule has 0 spiro atoms. The average Bonchev–Trinajstić information content (AvgIpc) is 2.77. The maximum absolute atomic E-state index is 4.09. The van der Waals surface area contributed by atoms with Crippen LogP contribution in [0.25, 0.3) is 0 Å². The second kappa shape index (κ2) is 5.54. The number of rotatable bonds is 5. The fourth-order valence-electron chi connectivity index (χ4n) is 1.75. The molecule has 2 aromatic rings. The van der Waals surface area contributed by atoms with Gasteiger partial charge in [-0.2, -0.15) is 0 Å². The smallest absolute Gasteiger partial charge is 0.149 e. The number of pyridine rings is 1. The molecule has 2 aromatic heterocycles. The van der Waals surface area contributed by atoms with Crippen LogP contribution in [0.1, 0.15) is 24.4 Å². The summed E-state index contributed by atoms with van der Waals surface area (Å²) in [7, 11) is 1.95. The summed E-state index contributed by atoms with van der Waals surface area (Å²) < 4.78 is 1.93. The Bertz CT molecular complexity index is 451. The van der Waals surface area contributed by atoms with Gasteiger partial charge in [0.15, 0.2) is 0 Å². The number of hydrogen-bond acceptors (Lipinski definition) is 4. The van der Waals surface area contributed by atoms with E-state index in [1.807, 2.05) is 23.9 Å². The van der Waals surface area contributed by atoms with Crippen LogP contribution < -0.4 is 5.32 Å². The molecule has 1 N–H and O–H groups in total. The average molecular weight is 231 g/mol. The largest absolute Gasteiger partial charge is 0.319 e. The normalized spacial score (nSPS) is 12.6. The Morgan fingerprint density at radius 3 is 3.00 bits per heavy atom. The number of nitrogens with zero attached hydrogens (tertiary/aromatic N) is 4. The highest BCUT2D eigenvalue weighted by Crippen LogP contribution is 2.06. The van der Waals surface area contributed by atoms with Gasteiger partial charge in [0.05, 0.1) is 6.04 Å². The zero-order valence-electron chi connectivity index (χ0n) is 10.2. The van der Waals surface area contributed by atoms with Gasteiger partial charge in [-0.25, -0.2) is 0 Å². The Kier molecular flexibility index (Phi) is 3.82. The van der Waals surface area contributed by atoms with E-state index in [2.05, 4.69) is 33.5 Å². The summed E-state index contributed by atoms with van der Waals surface area (Å²) in [4.78, 5) is 4.09. The predicted octanol–water partition coefficient (Wildman–Crippen LogP) is 1.10. The van der Waals surface area contributed by atoms with Crippen molar-refractivity contribution < 1.29 is 0 Å². The van der Waals surface area contributed by atoms with Crippen LogP contribution in [0.15, 0.2) is 30.9 Å². The summed E-state index contributed by atoms with van der Waals surface area (Å²) in [5.41, 5.74) is 1.24. The first kappa shape index (κ1) is 11.7. The summed E-state index contributed by atoms with van der Waals surface area (Å²) in [5.74, 6) is 0.955. The first-order chi connectivity index (χ1) is 8.27. The van der Waals surface area contributed by atoms with Gasteiger partial charge >= 0.3 is 0 Å². The minimum Gasteiger partial charge on any atom is -0.319 e. The zero-order valence-corrected chi connectivity index (χ0v) is 10.2. The second-order valence-electron chi connectivity index (χ2n) is 4.09. The maximum Gasteiger partial charge on any atom is 0.149 e. The lowest BCUT2D eigenvalue weighted by Crippen LogP contribution is -2.23. The molecule has 5 heteroatoms. The molecule has 1 atom stereocenters. The van der Waals surface area contributed by atoms with Crippen LogP contribution in [0.3, 0.4) is 0 Å². The van der Waals surface area contributed by atoms with E-state index in [1.165, 1.54) is 5.56 Å². The predicted molar refractivity (Wildman–Crippen MR) is 65.4 cm³/mol. The van der Waals surface area contributed by atoms with Crippen LogP contribution in [0, 0.1) is 0 Å². The number of aromatic nitrogens is 4. The highest BCUT2D eigenvalue weighted by molar-refractivity contribution is 5.08. The Morgan fingerprint density at radius 1 is 1.47 bits per heavy atom. The van der Waals surface area contributed by atoms with E-state index in [4.69, 9.17) is 0 Å². The highest BCUT2D eigenvalue weighted by atomic mass is 15.3. The molecule has 0 saturated heterocycles. The fraction of sp³-hybridized carbons (Fsp3) is 0.417. The van der Waals surface area contributed by atoms with Crippen LogP contribution in [0.5, 0.6) is 0 Å². The Labute approximate surface area is 101 Å². The molecule has 90 valence electrons. The van der Waals surface area contributed by atoms with E-state index in [0.29, 0.717) is 0 Å². The van der Waals surface area contributed by atoms with Gasteiger partial charge in [-0.05, 0) is 31.5 Å². The van der Waals surface area contributed by atoms with Gasteiger partial charge in [-0.1, -0.05) is 6.07 Å². The Hall–Kier alpha value is -1.75. The first-order valence-electron chi connectivity index (χ1n) is 5.73. The summed E-state index contributed by atoms with van der Waals surface area (Å²) in [6, 6.07) is 4.25. The third kappa shape index (κ3) is 3.10. The van der Waals surface area contributed by atoms with Crippen molar-refractivity contribution in [3.8, 4) is 0 Å². The minimum atomic E-state index is 0.208. The first-order valence-corrected chi connectivity index (χ1v) is 5.73. The van der Waals surface area contributed by atoms with E-state index >= 15 is 0 Å². The number of hydrogen-bond donors (Lipinski definition) is 1.